The van der Waals surface area contributed by atoms with E-state index in [0.717, 1.165) is 25.9 Å². The maximum absolute atomic E-state index is 5.23. The van der Waals surface area contributed by atoms with Crippen LogP contribution in [0.15, 0.2) is 0 Å². The van der Waals surface area contributed by atoms with Gasteiger partial charge in [0, 0.05) is 6.61 Å². The second-order valence-corrected chi connectivity index (χ2v) is 3.01. The normalized spacial score (nSPS) is 13.4. The van der Waals surface area contributed by atoms with Crippen LogP contribution in [0.5, 0.6) is 0 Å². The maximum atomic E-state index is 5.23. The zero-order valence-electron chi connectivity index (χ0n) is 7.38. The first-order valence-corrected chi connectivity index (χ1v) is 4.70. The molecule has 0 rings (SSSR count). The molecule has 0 amide bonds. The van der Waals surface area contributed by atoms with Gasteiger partial charge in [-0.3, -0.25) is 0 Å². The Morgan fingerprint density at radius 3 is 2.55 bits per heavy atom. The van der Waals surface area contributed by atoms with Gasteiger partial charge in [0.1, 0.15) is 12.2 Å². The van der Waals surface area contributed by atoms with Crippen LogP contribution in [-0.2, 0) is 9.47 Å². The van der Waals surface area contributed by atoms with Gasteiger partial charge in [-0.1, -0.05) is 20.3 Å². The summed E-state index contributed by atoms with van der Waals surface area (Å²) in [7, 11) is 0. The molecule has 0 aromatic carbocycles. The van der Waals surface area contributed by atoms with Crippen molar-refractivity contribution in [3.8, 4) is 0 Å². The van der Waals surface area contributed by atoms with Crippen molar-refractivity contribution in [3.63, 3.8) is 0 Å². The summed E-state index contributed by atoms with van der Waals surface area (Å²) < 4.78 is 10.4. The minimum atomic E-state index is 0.0388. The molecule has 0 saturated carbocycles. The molecule has 0 aliphatic carbocycles. The van der Waals surface area contributed by atoms with Crippen molar-refractivity contribution >= 4 is 12.6 Å². The van der Waals surface area contributed by atoms with Gasteiger partial charge in [-0.15, -0.1) is 12.6 Å². The summed E-state index contributed by atoms with van der Waals surface area (Å²) in [6.07, 6.45) is 3.12. The molecule has 0 spiro atoms. The van der Waals surface area contributed by atoms with E-state index in [4.69, 9.17) is 9.47 Å². The SMILES string of the molecule is CCCOCOC(S)CCC. The quantitative estimate of drug-likeness (QED) is 0.367. The van der Waals surface area contributed by atoms with E-state index in [9.17, 15) is 0 Å². The van der Waals surface area contributed by atoms with E-state index in [1.165, 1.54) is 0 Å². The Labute approximate surface area is 74.7 Å². The zero-order chi connectivity index (χ0) is 8.53. The van der Waals surface area contributed by atoms with Crippen LogP contribution in [0.4, 0.5) is 0 Å². The summed E-state index contributed by atoms with van der Waals surface area (Å²) in [5.74, 6) is 0. The molecular formula is C8H18O2S. The number of ether oxygens (including phenoxy) is 2. The van der Waals surface area contributed by atoms with Crippen molar-refractivity contribution in [1.29, 1.82) is 0 Å². The lowest BCUT2D eigenvalue weighted by atomic mass is 10.4. The van der Waals surface area contributed by atoms with Gasteiger partial charge in [-0.05, 0) is 12.8 Å². The van der Waals surface area contributed by atoms with Crippen LogP contribution in [0.2, 0.25) is 0 Å². The van der Waals surface area contributed by atoms with Crippen LogP contribution in [0.1, 0.15) is 33.1 Å². The van der Waals surface area contributed by atoms with Gasteiger partial charge < -0.3 is 9.47 Å². The third-order valence-electron chi connectivity index (χ3n) is 1.23. The molecule has 1 atom stereocenters. The van der Waals surface area contributed by atoms with Crippen molar-refractivity contribution in [1.82, 2.24) is 0 Å². The molecule has 0 heterocycles. The van der Waals surface area contributed by atoms with Crippen LogP contribution < -0.4 is 0 Å². The van der Waals surface area contributed by atoms with Crippen molar-refractivity contribution in [2.45, 2.75) is 38.5 Å². The molecule has 0 saturated heterocycles. The Kier molecular flexibility index (Phi) is 8.57. The molecular weight excluding hydrogens is 160 g/mol. The molecule has 0 radical (unpaired) electrons. The average Bonchev–Trinajstić information content (AvgIpc) is 1.99. The van der Waals surface area contributed by atoms with E-state index < -0.39 is 0 Å². The van der Waals surface area contributed by atoms with E-state index in [1.54, 1.807) is 0 Å². The molecule has 0 aromatic rings. The van der Waals surface area contributed by atoms with Crippen LogP contribution in [-0.4, -0.2) is 18.8 Å². The Bertz CT molecular complexity index is 78.5. The molecule has 0 aromatic heterocycles. The fraction of sp³-hybridized carbons (Fsp3) is 1.00. The van der Waals surface area contributed by atoms with Crippen LogP contribution in [0, 0.1) is 0 Å². The smallest absolute Gasteiger partial charge is 0.148 e. The standard InChI is InChI=1S/C8H18O2S/c1-3-5-8(11)10-7-9-6-4-2/h8,11H,3-7H2,1-2H3. The van der Waals surface area contributed by atoms with Gasteiger partial charge in [0.05, 0.1) is 0 Å². The highest BCUT2D eigenvalue weighted by atomic mass is 32.1. The molecule has 0 N–H and O–H groups in total. The summed E-state index contributed by atoms with van der Waals surface area (Å²) in [6, 6.07) is 0. The van der Waals surface area contributed by atoms with Crippen LogP contribution in [0.3, 0.4) is 0 Å². The zero-order valence-corrected chi connectivity index (χ0v) is 8.27. The summed E-state index contributed by atoms with van der Waals surface area (Å²) >= 11 is 4.21. The third kappa shape index (κ3) is 8.17. The lowest BCUT2D eigenvalue weighted by Crippen LogP contribution is -2.08. The Balaban J connectivity index is 2.97. The minimum absolute atomic E-state index is 0.0388. The Morgan fingerprint density at radius 1 is 1.27 bits per heavy atom. The van der Waals surface area contributed by atoms with Crippen molar-refractivity contribution in [3.05, 3.63) is 0 Å². The lowest BCUT2D eigenvalue weighted by molar-refractivity contribution is -0.0643. The topological polar surface area (TPSA) is 18.5 Å². The van der Waals surface area contributed by atoms with Gasteiger partial charge in [-0.25, -0.2) is 0 Å². The highest BCUT2D eigenvalue weighted by Crippen LogP contribution is 2.05. The van der Waals surface area contributed by atoms with Crippen molar-refractivity contribution < 1.29 is 9.47 Å². The second-order valence-electron chi connectivity index (χ2n) is 2.44. The van der Waals surface area contributed by atoms with Gasteiger partial charge in [0.2, 0.25) is 0 Å². The van der Waals surface area contributed by atoms with E-state index >= 15 is 0 Å². The average molecular weight is 178 g/mol. The lowest BCUT2D eigenvalue weighted by Gasteiger charge is -2.10. The molecule has 11 heavy (non-hydrogen) atoms. The van der Waals surface area contributed by atoms with E-state index in [2.05, 4.69) is 26.5 Å². The van der Waals surface area contributed by atoms with Gasteiger partial charge >= 0.3 is 0 Å². The van der Waals surface area contributed by atoms with E-state index in [0.29, 0.717) is 6.79 Å². The number of hydrogen-bond donors (Lipinski definition) is 1. The summed E-state index contributed by atoms with van der Waals surface area (Å²) in [5.41, 5.74) is 0.0388. The van der Waals surface area contributed by atoms with Gasteiger partial charge in [-0.2, -0.15) is 0 Å². The third-order valence-corrected chi connectivity index (χ3v) is 1.64. The predicted octanol–water partition coefficient (Wildman–Crippen LogP) is 2.44. The molecule has 0 fully saturated rings. The number of thiol groups is 1. The minimum Gasteiger partial charge on any atom is -0.355 e. The number of rotatable bonds is 7. The van der Waals surface area contributed by atoms with Gasteiger partial charge in [0.25, 0.3) is 0 Å². The number of hydrogen-bond acceptors (Lipinski definition) is 3. The van der Waals surface area contributed by atoms with Crippen LogP contribution in [0.25, 0.3) is 0 Å². The Morgan fingerprint density at radius 2 is 2.00 bits per heavy atom. The summed E-state index contributed by atoms with van der Waals surface area (Å²) in [5, 5.41) is 0. The molecule has 0 bridgehead atoms. The maximum Gasteiger partial charge on any atom is 0.148 e. The first-order chi connectivity index (χ1) is 5.31. The summed E-state index contributed by atoms with van der Waals surface area (Å²) in [6.45, 7) is 5.33. The van der Waals surface area contributed by atoms with Crippen LogP contribution >= 0.6 is 12.6 Å². The van der Waals surface area contributed by atoms with Gasteiger partial charge in [0.15, 0.2) is 0 Å². The molecule has 1 unspecified atom stereocenters. The van der Waals surface area contributed by atoms with Crippen molar-refractivity contribution in [2.75, 3.05) is 13.4 Å². The van der Waals surface area contributed by atoms with Crippen molar-refractivity contribution in [2.24, 2.45) is 0 Å². The fourth-order valence-electron chi connectivity index (χ4n) is 0.660. The highest BCUT2D eigenvalue weighted by Gasteiger charge is 1.99. The monoisotopic (exact) mass is 178 g/mol. The first-order valence-electron chi connectivity index (χ1n) is 4.18. The largest absolute Gasteiger partial charge is 0.355 e. The molecule has 2 nitrogen and oxygen atoms in total. The van der Waals surface area contributed by atoms with E-state index in [1.807, 2.05) is 0 Å². The molecule has 0 aliphatic rings. The summed E-state index contributed by atoms with van der Waals surface area (Å²) in [4.78, 5) is 0. The predicted molar refractivity (Wildman–Crippen MR) is 49.9 cm³/mol. The molecule has 68 valence electrons. The second kappa shape index (κ2) is 8.37. The highest BCUT2D eigenvalue weighted by molar-refractivity contribution is 7.80. The first kappa shape index (κ1) is 11.3. The Hall–Kier alpha value is 0.270. The molecule has 3 heteroatoms. The van der Waals surface area contributed by atoms with E-state index in [-0.39, 0.29) is 5.44 Å². The molecule has 0 aliphatic heterocycles. The fourth-order valence-corrected chi connectivity index (χ4v) is 0.979.